The van der Waals surface area contributed by atoms with Gasteiger partial charge in [-0.3, -0.25) is 24.1 Å². The van der Waals surface area contributed by atoms with Crippen molar-refractivity contribution in [3.05, 3.63) is 93.2 Å². The van der Waals surface area contributed by atoms with Crippen molar-refractivity contribution in [1.82, 2.24) is 0 Å². The third-order valence-electron chi connectivity index (χ3n) is 9.83. The minimum atomic E-state index is -2.72. The average Bonchev–Trinajstić information content (AvgIpc) is 3.41. The minimum Gasteiger partial charge on any atom is -0.508 e. The highest BCUT2D eigenvalue weighted by Gasteiger charge is 2.77. The number of alkyl halides is 2. The first-order chi connectivity index (χ1) is 23.1. The molecule has 254 valence electrons. The smallest absolute Gasteiger partial charge is 0.258 e. The van der Waals surface area contributed by atoms with Crippen molar-refractivity contribution in [2.75, 3.05) is 16.9 Å². The number of amides is 4. The number of fused-ring (bicyclic) bond motifs is 4. The molecule has 0 spiro atoms. The van der Waals surface area contributed by atoms with Crippen LogP contribution < -0.4 is 14.5 Å². The highest BCUT2D eigenvalue weighted by atomic mass is 79.9. The predicted octanol–water partition coefficient (Wildman–Crippen LogP) is 6.63. The summed E-state index contributed by atoms with van der Waals surface area (Å²) in [6.07, 6.45) is 0.890. The van der Waals surface area contributed by atoms with E-state index >= 15 is 8.78 Å². The Bertz CT molecular complexity index is 2040. The van der Waals surface area contributed by atoms with Crippen LogP contribution in [0.25, 0.3) is 0 Å². The molecule has 4 aliphatic rings. The number of carbonyl (C=O) groups is 4. The lowest BCUT2D eigenvalue weighted by atomic mass is 9.56. The number of benzene rings is 3. The maximum atomic E-state index is 15.2. The molecule has 1 saturated carbocycles. The minimum absolute atomic E-state index is 0.0310. The SMILES string of the molecule is COc1cc(O)ccc1[C@H]1C2=CC[C@@H]3C(=O)N(c4ccc(Br)cc4)C(=O)[C@@H]3[C@@H]2C[C@@]2(Cl)C(=O)N(c3c(F)c(F)c(F)c(F)c3F)C(=O)[C@@]12Cl. The molecule has 16 heteroatoms. The topological polar surface area (TPSA) is 104 Å². The van der Waals surface area contributed by atoms with Gasteiger partial charge in [-0.05, 0) is 49.1 Å². The van der Waals surface area contributed by atoms with Gasteiger partial charge < -0.3 is 9.84 Å². The van der Waals surface area contributed by atoms with Crippen LogP contribution in [0.3, 0.4) is 0 Å². The number of phenols is 1. The summed E-state index contributed by atoms with van der Waals surface area (Å²) in [4.78, 5) is 51.9. The number of methoxy groups -OCH3 is 1. The van der Waals surface area contributed by atoms with Gasteiger partial charge >= 0.3 is 0 Å². The van der Waals surface area contributed by atoms with Gasteiger partial charge in [-0.15, -0.1) is 23.2 Å². The molecule has 3 fully saturated rings. The van der Waals surface area contributed by atoms with E-state index in [-0.39, 0.29) is 39.6 Å². The van der Waals surface area contributed by atoms with Gasteiger partial charge in [0.15, 0.2) is 33.0 Å². The van der Waals surface area contributed by atoms with Crippen molar-refractivity contribution in [3.8, 4) is 11.5 Å². The highest BCUT2D eigenvalue weighted by molar-refractivity contribution is 9.10. The predicted molar refractivity (Wildman–Crippen MR) is 168 cm³/mol. The number of imide groups is 2. The summed E-state index contributed by atoms with van der Waals surface area (Å²) in [5.74, 6) is -21.9. The van der Waals surface area contributed by atoms with Crippen LogP contribution in [0.1, 0.15) is 24.3 Å². The second-order valence-electron chi connectivity index (χ2n) is 12.1. The van der Waals surface area contributed by atoms with Gasteiger partial charge in [0.1, 0.15) is 17.2 Å². The van der Waals surface area contributed by atoms with Gasteiger partial charge in [-0.25, -0.2) is 26.9 Å². The van der Waals surface area contributed by atoms with Crippen LogP contribution in [0, 0.1) is 46.8 Å². The molecule has 3 aromatic carbocycles. The Kier molecular flexibility index (Phi) is 7.69. The summed E-state index contributed by atoms with van der Waals surface area (Å²) in [7, 11) is 1.22. The van der Waals surface area contributed by atoms with Crippen LogP contribution >= 0.6 is 39.1 Å². The molecule has 49 heavy (non-hydrogen) atoms. The molecular formula is C33H20BrCl2F5N2O6. The molecule has 2 aliphatic carbocycles. The van der Waals surface area contributed by atoms with E-state index in [0.29, 0.717) is 4.47 Å². The van der Waals surface area contributed by atoms with Crippen molar-refractivity contribution in [3.63, 3.8) is 0 Å². The molecule has 0 bridgehead atoms. The van der Waals surface area contributed by atoms with Crippen LogP contribution in [-0.2, 0) is 19.2 Å². The fourth-order valence-electron chi connectivity index (χ4n) is 7.70. The quantitative estimate of drug-likeness (QED) is 0.0797. The van der Waals surface area contributed by atoms with Crippen LogP contribution in [0.5, 0.6) is 11.5 Å². The number of allylic oxidation sites excluding steroid dienone is 2. The number of halogens is 8. The first kappa shape index (κ1) is 33.5. The normalized spacial score (nSPS) is 29.2. The largest absolute Gasteiger partial charge is 0.508 e. The molecule has 4 amide bonds. The number of rotatable bonds is 4. The lowest BCUT2D eigenvalue weighted by molar-refractivity contribution is -0.125. The van der Waals surface area contributed by atoms with E-state index in [1.165, 1.54) is 19.2 Å². The molecule has 3 aromatic rings. The van der Waals surface area contributed by atoms with E-state index in [0.717, 1.165) is 11.0 Å². The number of ether oxygens (including phenoxy) is 1. The summed E-state index contributed by atoms with van der Waals surface area (Å²) >= 11 is 17.6. The Hall–Kier alpha value is -4.01. The molecule has 2 saturated heterocycles. The van der Waals surface area contributed by atoms with Gasteiger partial charge in [0, 0.05) is 22.0 Å². The molecule has 0 unspecified atom stereocenters. The van der Waals surface area contributed by atoms with E-state index < -0.39 is 98.2 Å². The molecular weight excluding hydrogens is 766 g/mol. The van der Waals surface area contributed by atoms with Crippen molar-refractivity contribution in [1.29, 1.82) is 0 Å². The Morgan fingerprint density at radius 2 is 1.45 bits per heavy atom. The van der Waals surface area contributed by atoms with Crippen molar-refractivity contribution >= 4 is 74.1 Å². The number of hydrogen-bond acceptors (Lipinski definition) is 6. The fraction of sp³-hybridized carbons (Fsp3) is 0.273. The zero-order valence-corrected chi connectivity index (χ0v) is 27.8. The zero-order valence-electron chi connectivity index (χ0n) is 24.7. The number of aromatic hydroxyl groups is 1. The molecule has 8 nitrogen and oxygen atoms in total. The Balaban J connectivity index is 1.45. The van der Waals surface area contributed by atoms with Gasteiger partial charge in [0.2, 0.25) is 17.6 Å². The number of hydrogen-bond donors (Lipinski definition) is 1. The third-order valence-corrected chi connectivity index (χ3v) is 11.8. The lowest BCUT2D eigenvalue weighted by Crippen LogP contribution is -2.60. The van der Waals surface area contributed by atoms with Crippen LogP contribution in [0.15, 0.2) is 58.6 Å². The van der Waals surface area contributed by atoms with E-state index in [1.54, 1.807) is 30.3 Å². The molecule has 2 aliphatic heterocycles. The Morgan fingerprint density at radius 1 is 0.837 bits per heavy atom. The highest BCUT2D eigenvalue weighted by Crippen LogP contribution is 2.67. The molecule has 7 rings (SSSR count). The second kappa shape index (κ2) is 11.3. The first-order valence-corrected chi connectivity index (χ1v) is 16.1. The van der Waals surface area contributed by atoms with Crippen molar-refractivity contribution in [2.45, 2.75) is 28.5 Å². The Morgan fingerprint density at radius 3 is 2.06 bits per heavy atom. The van der Waals surface area contributed by atoms with Gasteiger partial charge in [-0.2, -0.15) is 0 Å². The van der Waals surface area contributed by atoms with Crippen LogP contribution in [0.4, 0.5) is 33.3 Å². The van der Waals surface area contributed by atoms with Gasteiger partial charge in [-0.1, -0.05) is 33.6 Å². The lowest BCUT2D eigenvalue weighted by Gasteiger charge is -2.50. The third kappa shape index (κ3) is 4.32. The second-order valence-corrected chi connectivity index (χ2v) is 14.3. The first-order valence-electron chi connectivity index (χ1n) is 14.6. The molecule has 1 N–H and O–H groups in total. The van der Waals surface area contributed by atoms with Crippen LogP contribution in [-0.4, -0.2) is 45.6 Å². The number of nitrogens with zero attached hydrogens (tertiary/aromatic N) is 2. The maximum absolute atomic E-state index is 15.2. The van der Waals surface area contributed by atoms with E-state index in [9.17, 15) is 37.5 Å². The average molecular weight is 786 g/mol. The molecule has 6 atom stereocenters. The molecule has 0 radical (unpaired) electrons. The fourth-order valence-corrected chi connectivity index (χ4v) is 8.89. The number of carbonyl (C=O) groups excluding carboxylic acids is 4. The van der Waals surface area contributed by atoms with Gasteiger partial charge in [0.25, 0.3) is 11.8 Å². The van der Waals surface area contributed by atoms with Crippen molar-refractivity contribution in [2.24, 2.45) is 17.8 Å². The monoisotopic (exact) mass is 784 g/mol. The summed E-state index contributed by atoms with van der Waals surface area (Å²) in [5, 5.41) is 10.2. The summed E-state index contributed by atoms with van der Waals surface area (Å²) < 4.78 is 79.4. The van der Waals surface area contributed by atoms with Crippen LogP contribution in [0.2, 0.25) is 0 Å². The maximum Gasteiger partial charge on any atom is 0.258 e. The van der Waals surface area contributed by atoms with Crippen molar-refractivity contribution < 1.29 is 51.0 Å². The summed E-state index contributed by atoms with van der Waals surface area (Å²) in [6.45, 7) is 0. The zero-order chi connectivity index (χ0) is 35.5. The standard InChI is InChI=1S/C33H20BrCl2F5N2O6/c1-49-19-10-14(44)6-7-16(19)21-15-8-9-17-20(29(46)42(28(17)45)13-4-2-12(34)3-5-13)18(15)11-32(35)30(47)43(31(48)33(21,32)36)27-25(40)23(38)22(37)24(39)26(27)41/h2-8,10,17-18,20-21,44H,9,11H2,1H3/t17-,18+,20-,21+,32+,33-/m0/s1. The summed E-state index contributed by atoms with van der Waals surface area (Å²) in [5.41, 5.74) is -1.33. The van der Waals surface area contributed by atoms with E-state index in [2.05, 4.69) is 15.9 Å². The Labute approximate surface area is 292 Å². The van der Waals surface area contributed by atoms with E-state index in [4.69, 9.17) is 27.9 Å². The number of anilines is 2. The number of phenolic OH excluding ortho intramolecular Hbond substituents is 1. The summed E-state index contributed by atoms with van der Waals surface area (Å²) in [6, 6.07) is 10.00. The molecule has 2 heterocycles. The molecule has 0 aromatic heterocycles. The van der Waals surface area contributed by atoms with E-state index in [1.807, 2.05) is 0 Å². The van der Waals surface area contributed by atoms with Gasteiger partial charge in [0.05, 0.1) is 24.6 Å².